The second kappa shape index (κ2) is 11.7. The van der Waals surface area contributed by atoms with Gasteiger partial charge in [-0.3, -0.25) is 14.6 Å². The third kappa shape index (κ3) is 5.99. The second-order valence-corrected chi connectivity index (χ2v) is 9.09. The van der Waals surface area contributed by atoms with Crippen molar-refractivity contribution in [3.63, 3.8) is 0 Å². The van der Waals surface area contributed by atoms with E-state index in [1.807, 2.05) is 30.3 Å². The molecular weight excluding hydrogens is 508 g/mol. The van der Waals surface area contributed by atoms with Gasteiger partial charge in [0, 0.05) is 37.8 Å². The van der Waals surface area contributed by atoms with Gasteiger partial charge in [-0.2, -0.15) is 0 Å². The van der Waals surface area contributed by atoms with Crippen molar-refractivity contribution in [1.82, 2.24) is 9.88 Å². The summed E-state index contributed by atoms with van der Waals surface area (Å²) in [4.78, 5) is 21.6. The first kappa shape index (κ1) is 26.0. The number of morpholine rings is 1. The van der Waals surface area contributed by atoms with Crippen LogP contribution in [0.1, 0.15) is 10.4 Å². The molecule has 188 valence electrons. The summed E-state index contributed by atoms with van der Waals surface area (Å²) in [6.07, 6.45) is 0. The van der Waals surface area contributed by atoms with Crippen LogP contribution < -0.4 is 9.64 Å². The summed E-state index contributed by atoms with van der Waals surface area (Å²) in [6, 6.07) is 18.2. The number of carbonyl (C=O) groups is 1. The Hall–Kier alpha value is -3.11. The number of benzene rings is 3. The molecule has 1 fully saturated rings. The van der Waals surface area contributed by atoms with Crippen molar-refractivity contribution in [2.75, 3.05) is 44.3 Å². The van der Waals surface area contributed by atoms with Crippen molar-refractivity contribution >= 4 is 45.0 Å². The molecule has 0 radical (unpaired) electrons. The molecule has 1 saturated heterocycles. The lowest BCUT2D eigenvalue weighted by molar-refractivity contribution is 0.0391. The van der Waals surface area contributed by atoms with Crippen molar-refractivity contribution in [2.45, 2.75) is 0 Å². The van der Waals surface area contributed by atoms with E-state index < -0.39 is 11.6 Å². The molecule has 0 saturated carbocycles. The predicted molar refractivity (Wildman–Crippen MR) is 139 cm³/mol. The van der Waals surface area contributed by atoms with E-state index in [2.05, 4.69) is 9.88 Å². The van der Waals surface area contributed by atoms with Crippen LogP contribution in [-0.4, -0.2) is 55.2 Å². The highest BCUT2D eigenvalue weighted by atomic mass is 35.5. The summed E-state index contributed by atoms with van der Waals surface area (Å²) < 4.78 is 39.6. The summed E-state index contributed by atoms with van der Waals surface area (Å²) in [7, 11) is 0. The van der Waals surface area contributed by atoms with E-state index in [4.69, 9.17) is 9.47 Å². The lowest BCUT2D eigenvalue weighted by Crippen LogP contribution is -2.43. The van der Waals surface area contributed by atoms with Crippen LogP contribution in [0.25, 0.3) is 10.2 Å². The molecule has 0 spiro atoms. The van der Waals surface area contributed by atoms with Crippen LogP contribution >= 0.6 is 23.7 Å². The highest BCUT2D eigenvalue weighted by molar-refractivity contribution is 7.22. The molecule has 4 aromatic rings. The Morgan fingerprint density at radius 1 is 1.03 bits per heavy atom. The van der Waals surface area contributed by atoms with E-state index in [-0.39, 0.29) is 23.8 Å². The standard InChI is InChI=1S/C26H23F2N3O3S.ClH/c27-19-16-22(28)24-23(17-19)35-26(29-24)31(11-10-30-12-14-33-15-13-30)25(32)18-6-8-21(9-7-18)34-20-4-2-1-3-5-20;/h1-9,16-17H,10-15H2;1H. The Morgan fingerprint density at radius 3 is 2.44 bits per heavy atom. The van der Waals surface area contributed by atoms with E-state index >= 15 is 0 Å². The lowest BCUT2D eigenvalue weighted by atomic mass is 10.2. The molecular formula is C26H24ClF2N3O3S. The number of para-hydroxylation sites is 1. The number of halogens is 3. The van der Waals surface area contributed by atoms with Gasteiger partial charge in [-0.25, -0.2) is 13.8 Å². The fraction of sp³-hybridized carbons (Fsp3) is 0.231. The van der Waals surface area contributed by atoms with Gasteiger partial charge in [-0.05, 0) is 42.5 Å². The third-order valence-corrected chi connectivity index (χ3v) is 6.73. The Kier molecular flexibility index (Phi) is 8.48. The second-order valence-electron chi connectivity index (χ2n) is 8.08. The summed E-state index contributed by atoms with van der Waals surface area (Å²) in [5.74, 6) is -0.395. The molecule has 1 aliphatic heterocycles. The number of thiazole rings is 1. The van der Waals surface area contributed by atoms with Crippen molar-refractivity contribution < 1.29 is 23.0 Å². The molecule has 0 unspecified atom stereocenters. The zero-order chi connectivity index (χ0) is 24.2. The van der Waals surface area contributed by atoms with Crippen molar-refractivity contribution in [3.05, 3.63) is 83.9 Å². The maximum absolute atomic E-state index is 14.3. The number of ether oxygens (including phenoxy) is 2. The van der Waals surface area contributed by atoms with E-state index in [1.165, 1.54) is 11.0 Å². The van der Waals surface area contributed by atoms with E-state index in [9.17, 15) is 13.6 Å². The summed E-state index contributed by atoms with van der Waals surface area (Å²) in [5, 5.41) is 0.326. The van der Waals surface area contributed by atoms with Crippen molar-refractivity contribution in [1.29, 1.82) is 0 Å². The Morgan fingerprint density at radius 2 is 1.72 bits per heavy atom. The summed E-state index contributed by atoms with van der Waals surface area (Å²) in [6.45, 7) is 3.79. The summed E-state index contributed by atoms with van der Waals surface area (Å²) in [5.41, 5.74) is 0.500. The molecule has 36 heavy (non-hydrogen) atoms. The van der Waals surface area contributed by atoms with Crippen LogP contribution in [0, 0.1) is 11.6 Å². The monoisotopic (exact) mass is 531 g/mol. The molecule has 3 aromatic carbocycles. The first-order valence-electron chi connectivity index (χ1n) is 11.3. The average Bonchev–Trinajstić information content (AvgIpc) is 3.30. The van der Waals surface area contributed by atoms with Gasteiger partial charge in [0.2, 0.25) is 0 Å². The molecule has 6 nitrogen and oxygen atoms in total. The average molecular weight is 532 g/mol. The van der Waals surface area contributed by atoms with Crippen LogP contribution in [0.2, 0.25) is 0 Å². The topological polar surface area (TPSA) is 54.9 Å². The number of aromatic nitrogens is 1. The van der Waals surface area contributed by atoms with Gasteiger partial charge in [-0.15, -0.1) is 12.4 Å². The highest BCUT2D eigenvalue weighted by Gasteiger charge is 2.24. The third-order valence-electron chi connectivity index (χ3n) is 5.70. The molecule has 0 bridgehead atoms. The molecule has 1 aliphatic rings. The minimum atomic E-state index is -0.745. The molecule has 0 atom stereocenters. The van der Waals surface area contributed by atoms with Gasteiger partial charge in [0.15, 0.2) is 10.9 Å². The van der Waals surface area contributed by atoms with Gasteiger partial charge >= 0.3 is 0 Å². The van der Waals surface area contributed by atoms with Gasteiger partial charge in [0.1, 0.15) is 22.8 Å². The van der Waals surface area contributed by atoms with Crippen LogP contribution in [0.4, 0.5) is 13.9 Å². The molecule has 0 N–H and O–H groups in total. The number of hydrogen-bond donors (Lipinski definition) is 0. The fourth-order valence-corrected chi connectivity index (χ4v) is 4.89. The quantitative estimate of drug-likeness (QED) is 0.303. The highest BCUT2D eigenvalue weighted by Crippen LogP contribution is 2.32. The number of hydrogen-bond acceptors (Lipinski definition) is 6. The maximum Gasteiger partial charge on any atom is 0.260 e. The lowest BCUT2D eigenvalue weighted by Gasteiger charge is -2.29. The Balaban J connectivity index is 0.00000304. The zero-order valence-corrected chi connectivity index (χ0v) is 20.9. The maximum atomic E-state index is 14.3. The summed E-state index contributed by atoms with van der Waals surface area (Å²) >= 11 is 1.09. The van der Waals surface area contributed by atoms with Crippen LogP contribution in [0.5, 0.6) is 11.5 Å². The number of rotatable bonds is 7. The molecule has 1 amide bonds. The minimum Gasteiger partial charge on any atom is -0.457 e. The fourth-order valence-electron chi connectivity index (χ4n) is 3.86. The number of carbonyl (C=O) groups excluding carboxylic acids is 1. The molecule has 1 aromatic heterocycles. The zero-order valence-electron chi connectivity index (χ0n) is 19.2. The molecule has 10 heteroatoms. The number of amides is 1. The first-order valence-corrected chi connectivity index (χ1v) is 12.1. The number of anilines is 1. The van der Waals surface area contributed by atoms with Gasteiger partial charge in [0.05, 0.1) is 17.9 Å². The van der Waals surface area contributed by atoms with E-state index in [0.29, 0.717) is 53.2 Å². The SMILES string of the molecule is Cl.O=C(c1ccc(Oc2ccccc2)cc1)N(CCN1CCOCC1)c1nc2c(F)cc(F)cc2s1. The van der Waals surface area contributed by atoms with Gasteiger partial charge in [0.25, 0.3) is 5.91 Å². The minimum absolute atomic E-state index is 0. The van der Waals surface area contributed by atoms with Crippen LogP contribution in [-0.2, 0) is 4.74 Å². The normalized spacial score (nSPS) is 13.8. The first-order chi connectivity index (χ1) is 17.1. The van der Waals surface area contributed by atoms with Crippen LogP contribution in [0.15, 0.2) is 66.7 Å². The molecule has 2 heterocycles. The van der Waals surface area contributed by atoms with Crippen molar-refractivity contribution in [3.8, 4) is 11.5 Å². The van der Waals surface area contributed by atoms with Gasteiger partial charge in [-0.1, -0.05) is 29.5 Å². The van der Waals surface area contributed by atoms with Crippen LogP contribution in [0.3, 0.4) is 0 Å². The van der Waals surface area contributed by atoms with E-state index in [0.717, 1.165) is 30.5 Å². The molecule has 5 rings (SSSR count). The Bertz CT molecular complexity index is 1320. The Labute approximate surface area is 217 Å². The van der Waals surface area contributed by atoms with Gasteiger partial charge < -0.3 is 9.47 Å². The van der Waals surface area contributed by atoms with E-state index in [1.54, 1.807) is 24.3 Å². The predicted octanol–water partition coefficient (Wildman–Crippen LogP) is 5.77. The van der Waals surface area contributed by atoms with Crippen molar-refractivity contribution in [2.24, 2.45) is 0 Å². The molecule has 0 aliphatic carbocycles. The number of nitrogens with zero attached hydrogens (tertiary/aromatic N) is 3. The number of fused-ring (bicyclic) bond motifs is 1. The largest absolute Gasteiger partial charge is 0.457 e. The smallest absolute Gasteiger partial charge is 0.260 e.